The molecule has 1 aliphatic carbocycles. The largest absolute Gasteiger partial charge is 0.314 e. The summed E-state index contributed by atoms with van der Waals surface area (Å²) in [5.74, 6) is 2.05. The average Bonchev–Trinajstić information content (AvgIpc) is 2.34. The van der Waals surface area contributed by atoms with Gasteiger partial charge < -0.3 is 5.32 Å². The van der Waals surface area contributed by atoms with Gasteiger partial charge in [-0.1, -0.05) is 12.8 Å². The smallest absolute Gasteiger partial charge is 0.00702 e. The van der Waals surface area contributed by atoms with Crippen LogP contribution in [0.1, 0.15) is 32.6 Å². The average molecular weight is 139 g/mol. The minimum absolute atomic E-state index is 0.810. The van der Waals surface area contributed by atoms with Gasteiger partial charge in [0.2, 0.25) is 0 Å². The van der Waals surface area contributed by atoms with Gasteiger partial charge in [-0.05, 0) is 38.1 Å². The molecule has 2 fully saturated rings. The minimum Gasteiger partial charge on any atom is -0.314 e. The van der Waals surface area contributed by atoms with E-state index in [0.29, 0.717) is 0 Å². The Morgan fingerprint density at radius 1 is 1.20 bits per heavy atom. The Labute approximate surface area is 63.2 Å². The Morgan fingerprint density at radius 2 is 2.00 bits per heavy atom. The van der Waals surface area contributed by atoms with Gasteiger partial charge >= 0.3 is 0 Å². The molecule has 0 aromatic carbocycles. The van der Waals surface area contributed by atoms with Crippen molar-refractivity contribution in [2.45, 2.75) is 38.6 Å². The van der Waals surface area contributed by atoms with Crippen LogP contribution in [-0.4, -0.2) is 12.6 Å². The van der Waals surface area contributed by atoms with E-state index in [1.165, 1.54) is 32.2 Å². The lowest BCUT2D eigenvalue weighted by Gasteiger charge is -2.26. The van der Waals surface area contributed by atoms with Crippen molar-refractivity contribution in [3.8, 4) is 0 Å². The summed E-state index contributed by atoms with van der Waals surface area (Å²) < 4.78 is 0. The molecule has 1 saturated carbocycles. The zero-order chi connectivity index (χ0) is 6.97. The second kappa shape index (κ2) is 2.54. The third-order valence-electron chi connectivity index (χ3n) is 3.31. The Kier molecular flexibility index (Phi) is 1.69. The summed E-state index contributed by atoms with van der Waals surface area (Å²) in [5.41, 5.74) is 0. The molecule has 1 N–H and O–H groups in total. The number of rotatable bonds is 0. The van der Waals surface area contributed by atoms with E-state index in [1.807, 2.05) is 0 Å². The number of hydrogen-bond donors (Lipinski definition) is 1. The molecule has 58 valence electrons. The summed E-state index contributed by atoms with van der Waals surface area (Å²) in [6.07, 6.45) is 5.93. The van der Waals surface area contributed by atoms with E-state index >= 15 is 0 Å². The highest BCUT2D eigenvalue weighted by Crippen LogP contribution is 2.35. The van der Waals surface area contributed by atoms with Gasteiger partial charge in [0.25, 0.3) is 0 Å². The molecule has 0 bridgehead atoms. The Balaban J connectivity index is 2.01. The molecular weight excluding hydrogens is 122 g/mol. The van der Waals surface area contributed by atoms with Crippen LogP contribution >= 0.6 is 0 Å². The fraction of sp³-hybridized carbons (Fsp3) is 1.00. The second-order valence-corrected chi connectivity index (χ2v) is 3.91. The Morgan fingerprint density at radius 3 is 2.80 bits per heavy atom. The van der Waals surface area contributed by atoms with E-state index in [-0.39, 0.29) is 0 Å². The normalized spacial score (nSPS) is 47.1. The molecule has 1 saturated heterocycles. The minimum atomic E-state index is 0.810. The van der Waals surface area contributed by atoms with Gasteiger partial charge in [0.15, 0.2) is 0 Å². The first-order valence-electron chi connectivity index (χ1n) is 4.61. The lowest BCUT2D eigenvalue weighted by molar-refractivity contribution is 0.272. The molecule has 1 heteroatoms. The van der Waals surface area contributed by atoms with Crippen LogP contribution in [0.15, 0.2) is 0 Å². The van der Waals surface area contributed by atoms with Gasteiger partial charge in [0, 0.05) is 6.04 Å². The van der Waals surface area contributed by atoms with Gasteiger partial charge in [-0.15, -0.1) is 0 Å². The van der Waals surface area contributed by atoms with Crippen molar-refractivity contribution in [1.29, 1.82) is 0 Å². The van der Waals surface area contributed by atoms with Crippen LogP contribution in [0.2, 0.25) is 0 Å². The molecule has 10 heavy (non-hydrogen) atoms. The molecule has 0 radical (unpaired) electrons. The van der Waals surface area contributed by atoms with E-state index in [4.69, 9.17) is 0 Å². The topological polar surface area (TPSA) is 12.0 Å². The molecule has 0 aromatic rings. The summed E-state index contributed by atoms with van der Waals surface area (Å²) in [6.45, 7) is 3.64. The Hall–Kier alpha value is -0.0400. The van der Waals surface area contributed by atoms with Crippen molar-refractivity contribution in [2.75, 3.05) is 6.54 Å². The predicted octanol–water partition coefficient (Wildman–Crippen LogP) is 1.78. The molecule has 1 heterocycles. The van der Waals surface area contributed by atoms with Crippen LogP contribution in [0.5, 0.6) is 0 Å². The molecule has 0 amide bonds. The summed E-state index contributed by atoms with van der Waals surface area (Å²) in [5, 5.41) is 3.56. The molecule has 1 aliphatic heterocycles. The number of nitrogens with one attached hydrogen (secondary N) is 1. The standard InChI is InChI=1S/C9H17N/c1-7-9-5-3-2-4-8(9)6-10-7/h7-10H,2-6H2,1H3. The van der Waals surface area contributed by atoms with E-state index in [1.54, 1.807) is 0 Å². The third kappa shape index (κ3) is 0.968. The molecule has 2 aliphatic rings. The molecule has 3 atom stereocenters. The van der Waals surface area contributed by atoms with E-state index < -0.39 is 0 Å². The quantitative estimate of drug-likeness (QED) is 0.539. The fourth-order valence-electron chi connectivity index (χ4n) is 2.64. The third-order valence-corrected chi connectivity index (χ3v) is 3.31. The second-order valence-electron chi connectivity index (χ2n) is 3.91. The maximum atomic E-state index is 3.56. The fourth-order valence-corrected chi connectivity index (χ4v) is 2.64. The number of fused-ring (bicyclic) bond motifs is 1. The SMILES string of the molecule is CC1NCC2CCCCC21. The molecule has 2 rings (SSSR count). The molecule has 0 spiro atoms. The summed E-state index contributed by atoms with van der Waals surface area (Å²) >= 11 is 0. The highest BCUT2D eigenvalue weighted by atomic mass is 15.0. The molecule has 3 unspecified atom stereocenters. The zero-order valence-corrected chi connectivity index (χ0v) is 6.77. The highest BCUT2D eigenvalue weighted by molar-refractivity contribution is 4.89. The summed E-state index contributed by atoms with van der Waals surface area (Å²) in [7, 11) is 0. The van der Waals surface area contributed by atoms with Crippen LogP contribution in [0.3, 0.4) is 0 Å². The molecular formula is C9H17N. The predicted molar refractivity (Wildman–Crippen MR) is 42.9 cm³/mol. The first-order valence-corrected chi connectivity index (χ1v) is 4.61. The highest BCUT2D eigenvalue weighted by Gasteiger charge is 2.34. The van der Waals surface area contributed by atoms with Crippen LogP contribution in [0.25, 0.3) is 0 Å². The summed E-state index contributed by atoms with van der Waals surface area (Å²) in [6, 6.07) is 0.810. The van der Waals surface area contributed by atoms with E-state index in [0.717, 1.165) is 17.9 Å². The zero-order valence-electron chi connectivity index (χ0n) is 6.77. The lowest BCUT2D eigenvalue weighted by Crippen LogP contribution is -2.24. The van der Waals surface area contributed by atoms with Gasteiger partial charge in [0.1, 0.15) is 0 Å². The maximum Gasteiger partial charge on any atom is 0.00702 e. The van der Waals surface area contributed by atoms with E-state index in [9.17, 15) is 0 Å². The van der Waals surface area contributed by atoms with Gasteiger partial charge in [-0.25, -0.2) is 0 Å². The van der Waals surface area contributed by atoms with Crippen molar-refractivity contribution < 1.29 is 0 Å². The van der Waals surface area contributed by atoms with Gasteiger partial charge in [-0.2, -0.15) is 0 Å². The van der Waals surface area contributed by atoms with Crippen molar-refractivity contribution in [3.63, 3.8) is 0 Å². The van der Waals surface area contributed by atoms with Crippen molar-refractivity contribution in [2.24, 2.45) is 11.8 Å². The first kappa shape index (κ1) is 6.66. The van der Waals surface area contributed by atoms with Crippen molar-refractivity contribution >= 4 is 0 Å². The molecule has 0 aromatic heterocycles. The van der Waals surface area contributed by atoms with Crippen molar-refractivity contribution in [3.05, 3.63) is 0 Å². The van der Waals surface area contributed by atoms with Crippen LogP contribution in [0.4, 0.5) is 0 Å². The number of hydrogen-bond acceptors (Lipinski definition) is 1. The van der Waals surface area contributed by atoms with Crippen LogP contribution in [-0.2, 0) is 0 Å². The van der Waals surface area contributed by atoms with Crippen molar-refractivity contribution in [1.82, 2.24) is 5.32 Å². The first-order chi connectivity index (χ1) is 4.88. The summed E-state index contributed by atoms with van der Waals surface area (Å²) in [4.78, 5) is 0. The maximum absolute atomic E-state index is 3.56. The monoisotopic (exact) mass is 139 g/mol. The van der Waals surface area contributed by atoms with Crippen LogP contribution < -0.4 is 5.32 Å². The lowest BCUT2D eigenvalue weighted by atomic mass is 9.79. The van der Waals surface area contributed by atoms with Crippen LogP contribution in [0, 0.1) is 11.8 Å². The van der Waals surface area contributed by atoms with E-state index in [2.05, 4.69) is 12.2 Å². The Bertz CT molecular complexity index is 120. The molecule has 1 nitrogen and oxygen atoms in total. The van der Waals surface area contributed by atoms with Gasteiger partial charge in [-0.3, -0.25) is 0 Å². The van der Waals surface area contributed by atoms with Gasteiger partial charge in [0.05, 0.1) is 0 Å².